The summed E-state index contributed by atoms with van der Waals surface area (Å²) < 4.78 is 5.37. The van der Waals surface area contributed by atoms with Crippen LogP contribution in [-0.2, 0) is 17.6 Å². The fourth-order valence-corrected chi connectivity index (χ4v) is 1.81. The highest BCUT2D eigenvalue weighted by Crippen LogP contribution is 2.14. The summed E-state index contributed by atoms with van der Waals surface area (Å²) in [7, 11) is 0. The molecule has 0 saturated heterocycles. The van der Waals surface area contributed by atoms with Gasteiger partial charge in [-0.15, -0.1) is 0 Å². The zero-order chi connectivity index (χ0) is 13.7. The molecule has 2 N–H and O–H groups in total. The Labute approximate surface area is 111 Å². The molecule has 5 heteroatoms. The molecule has 0 atom stereocenters. The van der Waals surface area contributed by atoms with Gasteiger partial charge in [-0.3, -0.25) is 4.79 Å². The Morgan fingerprint density at radius 1 is 1.37 bits per heavy atom. The first kappa shape index (κ1) is 13.1. The lowest BCUT2D eigenvalue weighted by Crippen LogP contribution is -2.00. The minimum Gasteiger partial charge on any atom is -0.494 e. The second-order valence-corrected chi connectivity index (χ2v) is 4.18. The number of rotatable bonds is 6. The van der Waals surface area contributed by atoms with Crippen molar-refractivity contribution in [2.75, 3.05) is 6.61 Å². The third-order valence-electron chi connectivity index (χ3n) is 2.63. The van der Waals surface area contributed by atoms with Gasteiger partial charge in [0.15, 0.2) is 0 Å². The molecule has 0 aliphatic carbocycles. The van der Waals surface area contributed by atoms with E-state index in [1.807, 2.05) is 31.2 Å². The number of carbonyl (C=O) groups is 1. The number of benzene rings is 1. The van der Waals surface area contributed by atoms with Crippen LogP contribution in [0.1, 0.15) is 24.0 Å². The molecule has 0 aliphatic rings. The van der Waals surface area contributed by atoms with Crippen LogP contribution in [0.5, 0.6) is 5.75 Å². The highest BCUT2D eigenvalue weighted by Gasteiger charge is 2.05. The monoisotopic (exact) mass is 260 g/mol. The summed E-state index contributed by atoms with van der Waals surface area (Å²) in [5.41, 5.74) is 1.72. The number of aliphatic carboxylic acids is 1. The van der Waals surface area contributed by atoms with Crippen molar-refractivity contribution in [3.8, 4) is 5.75 Å². The first-order valence-electron chi connectivity index (χ1n) is 6.13. The third-order valence-corrected chi connectivity index (χ3v) is 2.63. The number of ether oxygens (including phenoxy) is 1. The van der Waals surface area contributed by atoms with E-state index in [2.05, 4.69) is 9.97 Å². The van der Waals surface area contributed by atoms with Crippen LogP contribution < -0.4 is 4.74 Å². The van der Waals surface area contributed by atoms with Crippen LogP contribution in [0.4, 0.5) is 0 Å². The van der Waals surface area contributed by atoms with Crippen molar-refractivity contribution in [1.82, 2.24) is 9.97 Å². The van der Waals surface area contributed by atoms with Crippen LogP contribution in [0.3, 0.4) is 0 Å². The summed E-state index contributed by atoms with van der Waals surface area (Å²) in [6.07, 6.45) is 2.18. The second kappa shape index (κ2) is 6.04. The number of aromatic amines is 1. The topological polar surface area (TPSA) is 75.2 Å². The largest absolute Gasteiger partial charge is 0.494 e. The summed E-state index contributed by atoms with van der Waals surface area (Å²) in [6, 6.07) is 7.79. The van der Waals surface area contributed by atoms with Gasteiger partial charge in [0.05, 0.1) is 13.0 Å². The molecule has 100 valence electrons. The molecule has 1 aromatic carbocycles. The van der Waals surface area contributed by atoms with E-state index in [9.17, 15) is 4.79 Å². The van der Waals surface area contributed by atoms with Crippen molar-refractivity contribution in [2.24, 2.45) is 0 Å². The lowest BCUT2D eigenvalue weighted by atomic mass is 10.1. The van der Waals surface area contributed by atoms with Crippen LogP contribution in [0.15, 0.2) is 30.5 Å². The van der Waals surface area contributed by atoms with Crippen molar-refractivity contribution >= 4 is 5.97 Å². The number of H-pyrrole nitrogens is 1. The normalized spacial score (nSPS) is 10.4. The number of imidazole rings is 1. The van der Waals surface area contributed by atoms with E-state index < -0.39 is 5.97 Å². The van der Waals surface area contributed by atoms with E-state index in [-0.39, 0.29) is 6.42 Å². The van der Waals surface area contributed by atoms with Gasteiger partial charge in [-0.1, -0.05) is 12.1 Å². The molecule has 19 heavy (non-hydrogen) atoms. The van der Waals surface area contributed by atoms with Gasteiger partial charge in [-0.2, -0.15) is 0 Å². The van der Waals surface area contributed by atoms with E-state index in [0.29, 0.717) is 18.7 Å². The quantitative estimate of drug-likeness (QED) is 0.833. The minimum atomic E-state index is -0.865. The highest BCUT2D eigenvalue weighted by molar-refractivity contribution is 5.69. The molecule has 0 aliphatic heterocycles. The maximum atomic E-state index is 10.6. The number of carboxylic acid groups (broad SMARTS) is 1. The summed E-state index contributed by atoms with van der Waals surface area (Å²) in [5, 5.41) is 8.69. The molecule has 0 saturated carbocycles. The van der Waals surface area contributed by atoms with E-state index >= 15 is 0 Å². The standard InChI is InChI=1S/C14H16N2O3/c1-2-19-12-5-3-10(4-6-12)7-13-15-9-11(16-13)8-14(17)18/h3-6,9H,2,7-8H2,1H3,(H,15,16)(H,17,18). The Bertz CT molecular complexity index is 546. The van der Waals surface area contributed by atoms with Gasteiger partial charge in [-0.05, 0) is 24.6 Å². The number of carboxylic acids is 1. The SMILES string of the molecule is CCOc1ccc(Cc2ncc(CC(=O)O)[nH]2)cc1. The molecular formula is C14H16N2O3. The molecule has 5 nitrogen and oxygen atoms in total. The fourth-order valence-electron chi connectivity index (χ4n) is 1.81. The van der Waals surface area contributed by atoms with Gasteiger partial charge in [-0.25, -0.2) is 4.98 Å². The van der Waals surface area contributed by atoms with Crippen molar-refractivity contribution in [2.45, 2.75) is 19.8 Å². The van der Waals surface area contributed by atoms with Gasteiger partial charge in [0.2, 0.25) is 0 Å². The van der Waals surface area contributed by atoms with Gasteiger partial charge in [0.25, 0.3) is 0 Å². The van der Waals surface area contributed by atoms with Gasteiger partial charge >= 0.3 is 5.97 Å². The number of nitrogens with one attached hydrogen (secondary N) is 1. The predicted molar refractivity (Wildman–Crippen MR) is 70.3 cm³/mol. The zero-order valence-corrected chi connectivity index (χ0v) is 10.7. The van der Waals surface area contributed by atoms with E-state index in [1.165, 1.54) is 0 Å². The molecule has 0 radical (unpaired) electrons. The Balaban J connectivity index is 2.00. The summed E-state index contributed by atoms with van der Waals surface area (Å²) >= 11 is 0. The van der Waals surface area contributed by atoms with Crippen LogP contribution in [0, 0.1) is 0 Å². The fraction of sp³-hybridized carbons (Fsp3) is 0.286. The number of aromatic nitrogens is 2. The van der Waals surface area contributed by atoms with Crippen LogP contribution in [0.25, 0.3) is 0 Å². The Morgan fingerprint density at radius 3 is 2.74 bits per heavy atom. The molecule has 1 aromatic heterocycles. The molecular weight excluding hydrogens is 244 g/mol. The average molecular weight is 260 g/mol. The third kappa shape index (κ3) is 3.84. The lowest BCUT2D eigenvalue weighted by molar-refractivity contribution is -0.136. The Morgan fingerprint density at radius 2 is 2.11 bits per heavy atom. The van der Waals surface area contributed by atoms with Gasteiger partial charge in [0, 0.05) is 18.3 Å². The zero-order valence-electron chi connectivity index (χ0n) is 10.7. The smallest absolute Gasteiger partial charge is 0.309 e. The van der Waals surface area contributed by atoms with Crippen LogP contribution in [-0.4, -0.2) is 27.7 Å². The molecule has 2 aromatic rings. The maximum absolute atomic E-state index is 10.6. The molecule has 0 unspecified atom stereocenters. The van der Waals surface area contributed by atoms with Crippen molar-refractivity contribution < 1.29 is 14.6 Å². The van der Waals surface area contributed by atoms with Gasteiger partial charge in [0.1, 0.15) is 11.6 Å². The predicted octanol–water partition coefficient (Wildman–Crippen LogP) is 2.03. The van der Waals surface area contributed by atoms with Crippen molar-refractivity contribution in [3.63, 3.8) is 0 Å². The maximum Gasteiger partial charge on any atom is 0.309 e. The number of nitrogens with zero attached hydrogens (tertiary/aromatic N) is 1. The lowest BCUT2D eigenvalue weighted by Gasteiger charge is -2.03. The molecule has 0 bridgehead atoms. The minimum absolute atomic E-state index is 0.0315. The molecule has 2 rings (SSSR count). The van der Waals surface area contributed by atoms with E-state index in [0.717, 1.165) is 17.1 Å². The first-order valence-corrected chi connectivity index (χ1v) is 6.13. The van der Waals surface area contributed by atoms with Crippen molar-refractivity contribution in [1.29, 1.82) is 0 Å². The number of hydrogen-bond donors (Lipinski definition) is 2. The summed E-state index contributed by atoms with van der Waals surface area (Å²) in [4.78, 5) is 17.8. The molecule has 0 spiro atoms. The summed E-state index contributed by atoms with van der Waals surface area (Å²) in [6.45, 7) is 2.59. The number of hydrogen-bond acceptors (Lipinski definition) is 3. The first-order chi connectivity index (χ1) is 9.17. The molecule has 1 heterocycles. The van der Waals surface area contributed by atoms with Crippen molar-refractivity contribution in [3.05, 3.63) is 47.5 Å². The highest BCUT2D eigenvalue weighted by atomic mass is 16.5. The summed E-state index contributed by atoms with van der Waals surface area (Å²) in [5.74, 6) is 0.744. The Hall–Kier alpha value is -2.30. The van der Waals surface area contributed by atoms with Crippen LogP contribution >= 0.6 is 0 Å². The van der Waals surface area contributed by atoms with E-state index in [1.54, 1.807) is 6.20 Å². The average Bonchev–Trinajstić information content (AvgIpc) is 2.78. The van der Waals surface area contributed by atoms with E-state index in [4.69, 9.17) is 9.84 Å². The van der Waals surface area contributed by atoms with Gasteiger partial charge < -0.3 is 14.8 Å². The second-order valence-electron chi connectivity index (χ2n) is 4.18. The Kier molecular flexibility index (Phi) is 4.18. The molecule has 0 amide bonds. The van der Waals surface area contributed by atoms with Crippen LogP contribution in [0.2, 0.25) is 0 Å². The molecule has 0 fully saturated rings.